The van der Waals surface area contributed by atoms with Gasteiger partial charge in [-0.1, -0.05) is 42.0 Å². The van der Waals surface area contributed by atoms with Crippen LogP contribution in [0.1, 0.15) is 16.7 Å². The van der Waals surface area contributed by atoms with E-state index in [1.54, 1.807) is 7.11 Å². The zero-order valence-corrected chi connectivity index (χ0v) is 13.4. The molecule has 0 saturated heterocycles. The number of halogens is 1. The van der Waals surface area contributed by atoms with E-state index in [9.17, 15) is 0 Å². The summed E-state index contributed by atoms with van der Waals surface area (Å²) in [5.74, 6) is 1.58. The molecule has 21 heavy (non-hydrogen) atoms. The smallest absolute Gasteiger partial charge is 0.166 e. The van der Waals surface area contributed by atoms with Gasteiger partial charge in [-0.25, -0.2) is 0 Å². The first-order valence-electron chi connectivity index (χ1n) is 6.73. The van der Waals surface area contributed by atoms with Gasteiger partial charge in [-0.05, 0) is 25.6 Å². The van der Waals surface area contributed by atoms with E-state index >= 15 is 0 Å². The summed E-state index contributed by atoms with van der Waals surface area (Å²) in [5, 5.41) is 3.15. The van der Waals surface area contributed by atoms with Gasteiger partial charge in [0.1, 0.15) is 6.61 Å². The average Bonchev–Trinajstić information content (AvgIpc) is 2.47. The van der Waals surface area contributed by atoms with Gasteiger partial charge in [0.05, 0.1) is 7.11 Å². The molecule has 0 aliphatic carbocycles. The summed E-state index contributed by atoms with van der Waals surface area (Å²) in [6.07, 6.45) is 0. The second kappa shape index (κ2) is 8.55. The van der Waals surface area contributed by atoms with Crippen LogP contribution in [0.25, 0.3) is 0 Å². The van der Waals surface area contributed by atoms with Crippen molar-refractivity contribution in [3.05, 3.63) is 59.2 Å². The SMILES string of the molecule is CNCc1cccc(OC)c1OCc1ccc(C)cc1.[Cl-]. The number of benzene rings is 2. The van der Waals surface area contributed by atoms with Gasteiger partial charge in [0.2, 0.25) is 0 Å². The molecular weight excluding hydrogens is 286 g/mol. The standard InChI is InChI=1S/C17H21NO2.ClH/c1-13-7-9-14(10-8-13)12-20-17-15(11-18-2)5-4-6-16(17)19-3;/h4-10,18H,11-12H2,1-3H3;1H/p-1. The number of hydrogen-bond donors (Lipinski definition) is 1. The molecule has 0 amide bonds. The monoisotopic (exact) mass is 306 g/mol. The summed E-state index contributed by atoms with van der Waals surface area (Å²) in [4.78, 5) is 0. The predicted molar refractivity (Wildman–Crippen MR) is 81.3 cm³/mol. The molecule has 1 N–H and O–H groups in total. The number of nitrogens with one attached hydrogen (secondary N) is 1. The predicted octanol–water partition coefficient (Wildman–Crippen LogP) is 0.306. The maximum absolute atomic E-state index is 5.97. The van der Waals surface area contributed by atoms with E-state index in [1.807, 2.05) is 25.2 Å². The van der Waals surface area contributed by atoms with Crippen LogP contribution in [0.4, 0.5) is 0 Å². The zero-order valence-electron chi connectivity index (χ0n) is 12.7. The summed E-state index contributed by atoms with van der Waals surface area (Å²) in [5.41, 5.74) is 3.50. The van der Waals surface area contributed by atoms with Crippen molar-refractivity contribution in [2.75, 3.05) is 14.2 Å². The van der Waals surface area contributed by atoms with Crippen molar-refractivity contribution in [2.45, 2.75) is 20.1 Å². The van der Waals surface area contributed by atoms with E-state index < -0.39 is 0 Å². The third kappa shape index (κ3) is 4.66. The molecule has 0 aliphatic rings. The fourth-order valence-electron chi connectivity index (χ4n) is 2.06. The van der Waals surface area contributed by atoms with Gasteiger partial charge in [0.25, 0.3) is 0 Å². The first-order chi connectivity index (χ1) is 9.74. The topological polar surface area (TPSA) is 30.5 Å². The summed E-state index contributed by atoms with van der Waals surface area (Å²) in [6.45, 7) is 3.37. The Labute approximate surface area is 132 Å². The highest BCUT2D eigenvalue weighted by Crippen LogP contribution is 2.31. The molecule has 2 rings (SSSR count). The molecule has 0 atom stereocenters. The first-order valence-corrected chi connectivity index (χ1v) is 6.73. The van der Waals surface area contributed by atoms with Crippen molar-refractivity contribution in [2.24, 2.45) is 0 Å². The summed E-state index contributed by atoms with van der Waals surface area (Å²) >= 11 is 0. The minimum atomic E-state index is 0. The first kappa shape index (κ1) is 17.3. The Morgan fingerprint density at radius 2 is 1.76 bits per heavy atom. The quantitative estimate of drug-likeness (QED) is 0.833. The highest BCUT2D eigenvalue weighted by molar-refractivity contribution is 5.46. The van der Waals surface area contributed by atoms with Gasteiger partial charge in [0.15, 0.2) is 11.5 Å². The Balaban J connectivity index is 0.00000220. The van der Waals surface area contributed by atoms with E-state index in [2.05, 4.69) is 36.5 Å². The van der Waals surface area contributed by atoms with Gasteiger partial charge in [-0.15, -0.1) is 0 Å². The molecule has 0 fully saturated rings. The van der Waals surface area contributed by atoms with Gasteiger partial charge in [0, 0.05) is 12.1 Å². The van der Waals surface area contributed by atoms with E-state index in [0.717, 1.165) is 29.2 Å². The molecule has 2 aromatic rings. The Morgan fingerprint density at radius 1 is 1.05 bits per heavy atom. The van der Waals surface area contributed by atoms with Crippen LogP contribution < -0.4 is 27.2 Å². The molecule has 3 nitrogen and oxygen atoms in total. The van der Waals surface area contributed by atoms with Crippen molar-refractivity contribution in [3.8, 4) is 11.5 Å². The molecule has 0 heterocycles. The van der Waals surface area contributed by atoms with Crippen molar-refractivity contribution in [3.63, 3.8) is 0 Å². The number of methoxy groups -OCH3 is 1. The van der Waals surface area contributed by atoms with Gasteiger partial charge >= 0.3 is 0 Å². The zero-order chi connectivity index (χ0) is 14.4. The lowest BCUT2D eigenvalue weighted by Crippen LogP contribution is -3.00. The third-order valence-electron chi connectivity index (χ3n) is 3.15. The number of rotatable bonds is 6. The van der Waals surface area contributed by atoms with Crippen LogP contribution in [0.2, 0.25) is 0 Å². The van der Waals surface area contributed by atoms with Gasteiger partial charge < -0.3 is 27.2 Å². The highest BCUT2D eigenvalue weighted by atomic mass is 35.5. The summed E-state index contributed by atoms with van der Waals surface area (Å²) in [7, 11) is 3.58. The summed E-state index contributed by atoms with van der Waals surface area (Å²) in [6, 6.07) is 14.3. The largest absolute Gasteiger partial charge is 1.00 e. The van der Waals surface area contributed by atoms with Gasteiger partial charge in [-0.2, -0.15) is 0 Å². The molecule has 0 radical (unpaired) electrons. The van der Waals surface area contributed by atoms with Gasteiger partial charge in [-0.3, -0.25) is 0 Å². The minimum absolute atomic E-state index is 0. The number of aryl methyl sites for hydroxylation is 1. The fraction of sp³-hybridized carbons (Fsp3) is 0.294. The van der Waals surface area contributed by atoms with E-state index in [4.69, 9.17) is 9.47 Å². The Bertz CT molecular complexity index is 555. The Hall–Kier alpha value is -1.71. The normalized spacial score (nSPS) is 9.86. The van der Waals surface area contributed by atoms with Crippen LogP contribution in [-0.4, -0.2) is 14.2 Å². The van der Waals surface area contributed by atoms with Crippen LogP contribution in [-0.2, 0) is 13.2 Å². The van der Waals surface area contributed by atoms with Crippen molar-refractivity contribution in [1.82, 2.24) is 5.32 Å². The second-order valence-corrected chi connectivity index (χ2v) is 4.75. The molecule has 114 valence electrons. The van der Waals surface area contributed by atoms with Crippen LogP contribution in [0.3, 0.4) is 0 Å². The highest BCUT2D eigenvalue weighted by Gasteiger charge is 2.10. The molecule has 4 heteroatoms. The molecule has 0 saturated carbocycles. The van der Waals surface area contributed by atoms with Crippen LogP contribution in [0, 0.1) is 6.92 Å². The van der Waals surface area contributed by atoms with Crippen LogP contribution in [0.5, 0.6) is 11.5 Å². The minimum Gasteiger partial charge on any atom is -1.00 e. The van der Waals surface area contributed by atoms with E-state index in [0.29, 0.717) is 6.61 Å². The van der Waals surface area contributed by atoms with Crippen molar-refractivity contribution >= 4 is 0 Å². The second-order valence-electron chi connectivity index (χ2n) is 4.75. The lowest BCUT2D eigenvalue weighted by atomic mass is 10.1. The maximum atomic E-state index is 5.97. The third-order valence-corrected chi connectivity index (χ3v) is 3.15. The summed E-state index contributed by atoms with van der Waals surface area (Å²) < 4.78 is 11.4. The Morgan fingerprint density at radius 3 is 2.38 bits per heavy atom. The lowest BCUT2D eigenvalue weighted by Gasteiger charge is -2.15. The number of para-hydroxylation sites is 1. The van der Waals surface area contributed by atoms with Crippen molar-refractivity contribution in [1.29, 1.82) is 0 Å². The van der Waals surface area contributed by atoms with E-state index in [1.165, 1.54) is 5.56 Å². The van der Waals surface area contributed by atoms with Crippen LogP contribution in [0.15, 0.2) is 42.5 Å². The molecule has 0 unspecified atom stereocenters. The van der Waals surface area contributed by atoms with Crippen molar-refractivity contribution < 1.29 is 21.9 Å². The lowest BCUT2D eigenvalue weighted by molar-refractivity contribution is -0.00000475. The van der Waals surface area contributed by atoms with Crippen LogP contribution >= 0.6 is 0 Å². The average molecular weight is 307 g/mol. The maximum Gasteiger partial charge on any atom is 0.166 e. The molecular formula is C17H21ClNO2-. The molecule has 0 bridgehead atoms. The molecule has 0 aliphatic heterocycles. The number of hydrogen-bond acceptors (Lipinski definition) is 3. The molecule has 0 spiro atoms. The number of ether oxygens (including phenoxy) is 2. The molecule has 2 aromatic carbocycles. The Kier molecular flexibility index (Phi) is 7.06. The fourth-order valence-corrected chi connectivity index (χ4v) is 2.06. The van der Waals surface area contributed by atoms with E-state index in [-0.39, 0.29) is 12.4 Å². The molecule has 0 aromatic heterocycles.